The fourth-order valence-electron chi connectivity index (χ4n) is 1.87. The highest BCUT2D eigenvalue weighted by Crippen LogP contribution is 2.23. The van der Waals surface area contributed by atoms with Gasteiger partial charge in [-0.1, -0.05) is 40.0 Å². The van der Waals surface area contributed by atoms with Gasteiger partial charge in [0, 0.05) is 0 Å². The molecule has 1 N–H and O–H groups in total. The van der Waals surface area contributed by atoms with Gasteiger partial charge in [-0.2, -0.15) is 0 Å². The van der Waals surface area contributed by atoms with Crippen LogP contribution in [0.2, 0.25) is 0 Å². The zero-order chi connectivity index (χ0) is 17.6. The maximum atomic E-state index is 11.9. The van der Waals surface area contributed by atoms with Crippen molar-refractivity contribution in [2.24, 2.45) is 0 Å². The lowest BCUT2D eigenvalue weighted by atomic mass is 10.2. The number of ketones is 1. The Kier molecular flexibility index (Phi) is 12.9. The molecule has 0 rings (SSSR count). The van der Waals surface area contributed by atoms with Crippen molar-refractivity contribution in [3.63, 3.8) is 0 Å². The van der Waals surface area contributed by atoms with Gasteiger partial charge in [0.25, 0.3) is 5.97 Å². The van der Waals surface area contributed by atoms with Crippen LogP contribution in [-0.4, -0.2) is 42.7 Å². The Hall–Kier alpha value is -0.980. The van der Waals surface area contributed by atoms with Crippen molar-refractivity contribution in [3.05, 3.63) is 0 Å². The molecule has 0 aliphatic carbocycles. The van der Waals surface area contributed by atoms with Gasteiger partial charge in [-0.15, -0.1) is 0 Å². The van der Waals surface area contributed by atoms with Gasteiger partial charge < -0.3 is 19.3 Å². The topological polar surface area (TPSA) is 82.1 Å². The fourth-order valence-corrected chi connectivity index (χ4v) is 1.87. The summed E-state index contributed by atoms with van der Waals surface area (Å²) < 4.78 is 17.3. The first-order valence-corrected chi connectivity index (χ1v) is 8.65. The van der Waals surface area contributed by atoms with E-state index in [1.54, 1.807) is 0 Å². The lowest BCUT2D eigenvalue weighted by molar-refractivity contribution is -0.379. The molecule has 136 valence electrons. The summed E-state index contributed by atoms with van der Waals surface area (Å²) in [6.45, 7) is 7.35. The number of carbonyl (C=O) groups is 2. The molecule has 0 amide bonds. The van der Waals surface area contributed by atoms with Crippen LogP contribution in [0.3, 0.4) is 0 Å². The highest BCUT2D eigenvalue weighted by molar-refractivity contribution is 5.94. The van der Waals surface area contributed by atoms with Crippen LogP contribution in [0, 0.1) is 0 Å². The summed E-state index contributed by atoms with van der Waals surface area (Å²) in [6.07, 6.45) is 4.56. The van der Waals surface area contributed by atoms with Gasteiger partial charge >= 0.3 is 5.97 Å². The molecule has 0 spiro atoms. The third kappa shape index (κ3) is 11.2. The maximum Gasteiger partial charge on any atom is 0.310 e. The summed E-state index contributed by atoms with van der Waals surface area (Å²) in [5.41, 5.74) is 0. The van der Waals surface area contributed by atoms with Gasteiger partial charge in [-0.25, -0.2) is 0 Å². The molecule has 0 aromatic carbocycles. The molecule has 0 saturated heterocycles. The monoisotopic (exact) mass is 332 g/mol. The molecule has 0 aromatic heterocycles. The number of hydrogen-bond donors (Lipinski definition) is 1. The highest BCUT2D eigenvalue weighted by Gasteiger charge is 2.36. The first kappa shape index (κ1) is 22.0. The molecule has 0 radical (unpaired) electrons. The lowest BCUT2D eigenvalue weighted by Gasteiger charge is -2.33. The van der Waals surface area contributed by atoms with Gasteiger partial charge in [0.1, 0.15) is 6.42 Å². The fraction of sp³-hybridized carbons (Fsp3) is 0.882. The van der Waals surface area contributed by atoms with Crippen LogP contribution in [0.15, 0.2) is 0 Å². The number of Topliss-reactive ketones (excluding diaryl/α,β-unsaturated/α-hetero) is 1. The van der Waals surface area contributed by atoms with Gasteiger partial charge in [0.15, 0.2) is 5.78 Å². The minimum absolute atomic E-state index is 0.198. The van der Waals surface area contributed by atoms with E-state index in [1.807, 2.05) is 20.8 Å². The average Bonchev–Trinajstić information content (AvgIpc) is 2.47. The van der Waals surface area contributed by atoms with E-state index < -0.39 is 24.1 Å². The minimum atomic E-state index is -1.45. The quantitative estimate of drug-likeness (QED) is 0.264. The largest absolute Gasteiger partial charge is 0.481 e. The number of unbranched alkanes of at least 4 members (excludes halogenated alkanes) is 3. The van der Waals surface area contributed by atoms with Gasteiger partial charge in [-0.05, 0) is 19.3 Å². The summed E-state index contributed by atoms with van der Waals surface area (Å²) in [6, 6.07) is 0. The van der Waals surface area contributed by atoms with Gasteiger partial charge in [0.2, 0.25) is 0 Å². The van der Waals surface area contributed by atoms with E-state index in [9.17, 15) is 9.59 Å². The Morgan fingerprint density at radius 2 is 1.22 bits per heavy atom. The molecule has 0 aliphatic heterocycles. The van der Waals surface area contributed by atoms with Crippen LogP contribution in [0.1, 0.15) is 72.1 Å². The normalized spacial score (nSPS) is 11.6. The van der Waals surface area contributed by atoms with E-state index in [0.717, 1.165) is 38.5 Å². The third-order valence-corrected chi connectivity index (χ3v) is 3.22. The minimum Gasteiger partial charge on any atom is -0.481 e. The second-order valence-electron chi connectivity index (χ2n) is 5.58. The Balaban J connectivity index is 4.91. The molecule has 23 heavy (non-hydrogen) atoms. The second kappa shape index (κ2) is 13.5. The molecule has 0 unspecified atom stereocenters. The highest BCUT2D eigenvalue weighted by atomic mass is 16.9. The van der Waals surface area contributed by atoms with Crippen LogP contribution < -0.4 is 0 Å². The number of carbonyl (C=O) groups excluding carboxylic acids is 1. The van der Waals surface area contributed by atoms with Crippen LogP contribution in [-0.2, 0) is 23.8 Å². The summed E-state index contributed by atoms with van der Waals surface area (Å²) in [5.74, 6) is -3.06. The number of carboxylic acids is 1. The molecular formula is C17H32O6. The maximum absolute atomic E-state index is 11.9. The second-order valence-corrected chi connectivity index (χ2v) is 5.58. The van der Waals surface area contributed by atoms with Crippen molar-refractivity contribution in [2.45, 2.75) is 78.1 Å². The zero-order valence-electron chi connectivity index (χ0n) is 14.8. The number of hydrogen-bond acceptors (Lipinski definition) is 5. The van der Waals surface area contributed by atoms with Crippen molar-refractivity contribution in [1.29, 1.82) is 0 Å². The Morgan fingerprint density at radius 3 is 1.52 bits per heavy atom. The van der Waals surface area contributed by atoms with Gasteiger partial charge in [-0.3, -0.25) is 9.59 Å². The predicted molar refractivity (Wildman–Crippen MR) is 87.2 cm³/mol. The van der Waals surface area contributed by atoms with E-state index in [-0.39, 0.29) is 6.42 Å². The number of aliphatic carboxylic acids is 1. The summed E-state index contributed by atoms with van der Waals surface area (Å²) >= 11 is 0. The predicted octanol–water partition coefficient (Wildman–Crippen LogP) is 3.52. The summed E-state index contributed by atoms with van der Waals surface area (Å²) in [4.78, 5) is 22.7. The van der Waals surface area contributed by atoms with Crippen LogP contribution in [0.25, 0.3) is 0 Å². The summed E-state index contributed by atoms with van der Waals surface area (Å²) in [7, 11) is 0. The van der Waals surface area contributed by atoms with Crippen LogP contribution in [0.4, 0.5) is 0 Å². The molecular weight excluding hydrogens is 300 g/mol. The third-order valence-electron chi connectivity index (χ3n) is 3.22. The molecule has 0 heterocycles. The van der Waals surface area contributed by atoms with Crippen molar-refractivity contribution < 1.29 is 28.9 Å². The van der Waals surface area contributed by atoms with Crippen molar-refractivity contribution in [1.82, 2.24) is 0 Å². The van der Waals surface area contributed by atoms with E-state index in [0.29, 0.717) is 19.8 Å². The molecule has 0 saturated carbocycles. The number of carboxylic acid groups (broad SMARTS) is 1. The standard InChI is InChI=1S/C17H32O6/c1-4-7-10-21-17(22-11-8-5-2,23-12-9-6-3)14-15(18)13-16(19)20/h4-14H2,1-3H3,(H,19,20). The smallest absolute Gasteiger partial charge is 0.310 e. The first-order chi connectivity index (χ1) is 11.0. The average molecular weight is 332 g/mol. The van der Waals surface area contributed by atoms with E-state index in [2.05, 4.69) is 0 Å². The molecule has 0 fully saturated rings. The van der Waals surface area contributed by atoms with Crippen LogP contribution in [0.5, 0.6) is 0 Å². The number of rotatable bonds is 16. The molecule has 6 nitrogen and oxygen atoms in total. The molecule has 0 aromatic rings. The van der Waals surface area contributed by atoms with Crippen molar-refractivity contribution in [2.75, 3.05) is 19.8 Å². The molecule has 0 atom stereocenters. The van der Waals surface area contributed by atoms with Crippen molar-refractivity contribution >= 4 is 11.8 Å². The van der Waals surface area contributed by atoms with Crippen LogP contribution >= 0.6 is 0 Å². The van der Waals surface area contributed by atoms with E-state index in [1.165, 1.54) is 0 Å². The molecule has 6 heteroatoms. The SMILES string of the molecule is CCCCOC(CC(=O)CC(=O)O)(OCCCC)OCCCC. The summed E-state index contributed by atoms with van der Waals surface area (Å²) in [5, 5.41) is 8.78. The zero-order valence-corrected chi connectivity index (χ0v) is 14.8. The first-order valence-electron chi connectivity index (χ1n) is 8.65. The Labute approximate surface area is 139 Å². The number of ether oxygens (including phenoxy) is 3. The Bertz CT molecular complexity index is 303. The van der Waals surface area contributed by atoms with E-state index in [4.69, 9.17) is 19.3 Å². The molecule has 0 aliphatic rings. The van der Waals surface area contributed by atoms with E-state index >= 15 is 0 Å². The van der Waals surface area contributed by atoms with Gasteiger partial charge in [0.05, 0.1) is 26.2 Å². The lowest BCUT2D eigenvalue weighted by Crippen LogP contribution is -2.42. The molecule has 0 bridgehead atoms. The Morgan fingerprint density at radius 1 is 0.826 bits per heavy atom. The van der Waals surface area contributed by atoms with Crippen molar-refractivity contribution in [3.8, 4) is 0 Å².